The van der Waals surface area contributed by atoms with Gasteiger partial charge in [0.2, 0.25) is 5.82 Å². The maximum Gasteiger partial charge on any atom is 0.264 e. The molecule has 0 amide bonds. The molecule has 0 unspecified atom stereocenters. The molecule has 3 rings (SSSR count). The molecule has 7 nitrogen and oxygen atoms in total. The Bertz CT molecular complexity index is 1140. The largest absolute Gasteiger partial charge is 0.470 e. The molecule has 0 fully saturated rings. The molecular weight excluding hydrogens is 461 g/mol. The third kappa shape index (κ3) is 5.09. The van der Waals surface area contributed by atoms with Crippen molar-refractivity contribution in [2.24, 2.45) is 0 Å². The Labute approximate surface area is 182 Å². The van der Waals surface area contributed by atoms with Crippen LogP contribution in [0.4, 0.5) is 5.82 Å². The molecule has 2 aromatic carbocycles. The lowest BCUT2D eigenvalue weighted by molar-refractivity contribution is 0.266. The van der Waals surface area contributed by atoms with Gasteiger partial charge in [0.1, 0.15) is 11.5 Å². The molecule has 29 heavy (non-hydrogen) atoms. The highest BCUT2D eigenvalue weighted by atomic mass is 35.5. The number of halogens is 3. The van der Waals surface area contributed by atoms with E-state index in [0.717, 1.165) is 0 Å². The maximum absolute atomic E-state index is 12.7. The lowest BCUT2D eigenvalue weighted by Crippen LogP contribution is -2.16. The van der Waals surface area contributed by atoms with Gasteiger partial charge in [-0.3, -0.25) is 4.72 Å². The molecule has 0 bridgehead atoms. The summed E-state index contributed by atoms with van der Waals surface area (Å²) in [6, 6.07) is 11.3. The predicted molar refractivity (Wildman–Crippen MR) is 111 cm³/mol. The third-order valence-corrected chi connectivity index (χ3v) is 6.30. The molecule has 3 aromatic rings. The van der Waals surface area contributed by atoms with Crippen LogP contribution in [-0.2, 0) is 23.2 Å². The highest BCUT2D eigenvalue weighted by molar-refractivity contribution is 7.92. The van der Waals surface area contributed by atoms with Crippen molar-refractivity contribution in [2.75, 3.05) is 4.72 Å². The minimum atomic E-state index is -4.13. The average molecular weight is 475 g/mol. The summed E-state index contributed by atoms with van der Waals surface area (Å²) in [6.45, 7) is -0.161. The van der Waals surface area contributed by atoms with Gasteiger partial charge in [-0.1, -0.05) is 65.1 Å². The molecule has 11 heteroatoms. The SMILES string of the molecule is O=S(=O)(Nc1ncc(Cl)nc1OCc1ccccc1CO)c1cccc(Cl)c1Cl. The van der Waals surface area contributed by atoms with Crippen LogP contribution < -0.4 is 9.46 Å². The van der Waals surface area contributed by atoms with Crippen LogP contribution in [0.25, 0.3) is 0 Å². The van der Waals surface area contributed by atoms with Crippen molar-refractivity contribution >= 4 is 50.6 Å². The summed E-state index contributed by atoms with van der Waals surface area (Å²) in [5.74, 6) is -0.307. The Hall–Kier alpha value is -2.10. The van der Waals surface area contributed by atoms with E-state index in [2.05, 4.69) is 14.7 Å². The summed E-state index contributed by atoms with van der Waals surface area (Å²) >= 11 is 17.8. The van der Waals surface area contributed by atoms with Crippen molar-refractivity contribution in [3.63, 3.8) is 0 Å². The van der Waals surface area contributed by atoms with E-state index in [1.807, 2.05) is 0 Å². The number of anilines is 1. The van der Waals surface area contributed by atoms with Crippen LogP contribution >= 0.6 is 34.8 Å². The fourth-order valence-electron chi connectivity index (χ4n) is 2.39. The van der Waals surface area contributed by atoms with Crippen LogP contribution in [0.5, 0.6) is 5.88 Å². The van der Waals surface area contributed by atoms with Crippen molar-refractivity contribution in [1.29, 1.82) is 0 Å². The summed E-state index contributed by atoms with van der Waals surface area (Å²) in [5, 5.41) is 9.40. The highest BCUT2D eigenvalue weighted by Crippen LogP contribution is 2.31. The van der Waals surface area contributed by atoms with Gasteiger partial charge in [0.25, 0.3) is 15.9 Å². The zero-order valence-corrected chi connectivity index (χ0v) is 17.7. The lowest BCUT2D eigenvalue weighted by Gasteiger charge is -2.14. The average Bonchev–Trinajstić information content (AvgIpc) is 2.70. The first kappa shape index (κ1) is 21.6. The normalized spacial score (nSPS) is 11.3. The number of rotatable bonds is 7. The quantitative estimate of drug-likeness (QED) is 0.529. The molecule has 2 N–H and O–H groups in total. The van der Waals surface area contributed by atoms with Gasteiger partial charge in [-0.15, -0.1) is 0 Å². The van der Waals surface area contributed by atoms with E-state index in [1.165, 1.54) is 24.4 Å². The van der Waals surface area contributed by atoms with Gasteiger partial charge in [0.15, 0.2) is 5.15 Å². The molecule has 1 heterocycles. The second kappa shape index (κ2) is 9.15. The second-order valence-electron chi connectivity index (χ2n) is 5.72. The molecule has 0 spiro atoms. The first-order chi connectivity index (χ1) is 13.8. The van der Waals surface area contributed by atoms with Gasteiger partial charge in [-0.05, 0) is 23.3 Å². The van der Waals surface area contributed by atoms with Gasteiger partial charge < -0.3 is 9.84 Å². The molecule has 0 saturated carbocycles. The van der Waals surface area contributed by atoms with Gasteiger partial charge in [0, 0.05) is 0 Å². The molecular formula is C18H14Cl3N3O4S. The summed E-state index contributed by atoms with van der Waals surface area (Å²) < 4.78 is 33.4. The fourth-order valence-corrected chi connectivity index (χ4v) is 4.29. The highest BCUT2D eigenvalue weighted by Gasteiger charge is 2.23. The summed E-state index contributed by atoms with van der Waals surface area (Å²) in [5.41, 5.74) is 1.36. The smallest absolute Gasteiger partial charge is 0.264 e. The zero-order chi connectivity index (χ0) is 21.0. The van der Waals surface area contributed by atoms with E-state index < -0.39 is 10.0 Å². The second-order valence-corrected chi connectivity index (χ2v) is 8.54. The minimum Gasteiger partial charge on any atom is -0.470 e. The van der Waals surface area contributed by atoms with Crippen molar-refractivity contribution < 1.29 is 18.3 Å². The van der Waals surface area contributed by atoms with Crippen LogP contribution in [-0.4, -0.2) is 23.5 Å². The Morgan fingerprint density at radius 1 is 1.03 bits per heavy atom. The molecule has 0 radical (unpaired) electrons. The zero-order valence-electron chi connectivity index (χ0n) is 14.6. The Kier molecular flexibility index (Phi) is 6.81. The van der Waals surface area contributed by atoms with Gasteiger partial charge in [0.05, 0.1) is 22.8 Å². The van der Waals surface area contributed by atoms with E-state index in [-0.39, 0.29) is 45.0 Å². The summed E-state index contributed by atoms with van der Waals surface area (Å²) in [6.07, 6.45) is 1.17. The number of nitrogens with one attached hydrogen (secondary N) is 1. The van der Waals surface area contributed by atoms with Crippen LogP contribution in [0, 0.1) is 0 Å². The van der Waals surface area contributed by atoms with E-state index in [4.69, 9.17) is 39.5 Å². The monoisotopic (exact) mass is 473 g/mol. The number of aromatic nitrogens is 2. The molecule has 0 aliphatic rings. The Morgan fingerprint density at radius 2 is 1.76 bits per heavy atom. The van der Waals surface area contributed by atoms with Gasteiger partial charge >= 0.3 is 0 Å². The van der Waals surface area contributed by atoms with E-state index in [9.17, 15) is 13.5 Å². The number of hydrogen-bond donors (Lipinski definition) is 2. The molecule has 152 valence electrons. The Morgan fingerprint density at radius 3 is 2.48 bits per heavy atom. The minimum absolute atomic E-state index is 0.0123. The molecule has 1 aromatic heterocycles. The van der Waals surface area contributed by atoms with Crippen LogP contribution in [0.2, 0.25) is 15.2 Å². The summed E-state index contributed by atoms with van der Waals surface area (Å²) in [7, 11) is -4.13. The van der Waals surface area contributed by atoms with E-state index >= 15 is 0 Å². The number of hydrogen-bond acceptors (Lipinski definition) is 6. The molecule has 0 atom stereocenters. The third-order valence-electron chi connectivity index (χ3n) is 3.80. The number of ether oxygens (including phenoxy) is 1. The standard InChI is InChI=1S/C18H14Cl3N3O4S/c19-13-6-3-7-14(16(13)21)29(26,27)24-17-18(23-15(20)8-22-17)28-10-12-5-2-1-4-11(12)9-25/h1-8,25H,9-10H2,(H,22,24). The lowest BCUT2D eigenvalue weighted by atomic mass is 10.1. The van der Waals surface area contributed by atoms with Crippen molar-refractivity contribution in [3.05, 3.63) is 75.0 Å². The number of nitrogens with zero attached hydrogens (tertiary/aromatic N) is 2. The van der Waals surface area contributed by atoms with E-state index in [0.29, 0.717) is 11.1 Å². The molecule has 0 saturated heterocycles. The number of benzene rings is 2. The van der Waals surface area contributed by atoms with Crippen molar-refractivity contribution in [1.82, 2.24) is 9.97 Å². The number of sulfonamides is 1. The maximum atomic E-state index is 12.7. The predicted octanol–water partition coefficient (Wildman–Crippen LogP) is 4.31. The van der Waals surface area contributed by atoms with Gasteiger partial charge in [-0.2, -0.15) is 4.98 Å². The van der Waals surface area contributed by atoms with E-state index in [1.54, 1.807) is 24.3 Å². The molecule has 0 aliphatic carbocycles. The van der Waals surface area contributed by atoms with Crippen LogP contribution in [0.3, 0.4) is 0 Å². The first-order valence-electron chi connectivity index (χ1n) is 8.11. The number of aliphatic hydroxyl groups is 1. The Balaban J connectivity index is 1.90. The molecule has 0 aliphatic heterocycles. The van der Waals surface area contributed by atoms with Crippen molar-refractivity contribution in [3.8, 4) is 5.88 Å². The van der Waals surface area contributed by atoms with Crippen molar-refractivity contribution in [2.45, 2.75) is 18.1 Å². The fraction of sp³-hybridized carbons (Fsp3) is 0.111. The summed E-state index contributed by atoms with van der Waals surface area (Å²) in [4.78, 5) is 7.73. The van der Waals surface area contributed by atoms with Gasteiger partial charge in [-0.25, -0.2) is 13.4 Å². The number of aliphatic hydroxyl groups excluding tert-OH is 1. The van der Waals surface area contributed by atoms with Crippen LogP contribution in [0.1, 0.15) is 11.1 Å². The first-order valence-corrected chi connectivity index (χ1v) is 10.7. The van der Waals surface area contributed by atoms with Crippen LogP contribution in [0.15, 0.2) is 53.6 Å². The topological polar surface area (TPSA) is 101 Å².